The maximum Gasteiger partial charge on any atom is 0.258 e. The molecular formula is C29H32F2N6O5S. The van der Waals surface area contributed by atoms with Gasteiger partial charge in [0.15, 0.2) is 5.82 Å². The van der Waals surface area contributed by atoms with Crippen LogP contribution in [0.15, 0.2) is 41.3 Å². The Morgan fingerprint density at radius 2 is 1.81 bits per heavy atom. The van der Waals surface area contributed by atoms with Crippen LogP contribution in [0.5, 0.6) is 0 Å². The predicted octanol–water partition coefficient (Wildman–Crippen LogP) is 3.26. The lowest BCUT2D eigenvalue weighted by Crippen LogP contribution is -2.36. The van der Waals surface area contributed by atoms with Crippen LogP contribution in [-0.4, -0.2) is 72.5 Å². The molecule has 43 heavy (non-hydrogen) atoms. The van der Waals surface area contributed by atoms with Crippen LogP contribution >= 0.6 is 0 Å². The van der Waals surface area contributed by atoms with Crippen molar-refractivity contribution < 1.29 is 31.5 Å². The summed E-state index contributed by atoms with van der Waals surface area (Å²) in [4.78, 5) is 28.4. The summed E-state index contributed by atoms with van der Waals surface area (Å²) in [7, 11) is -4.23. The number of hydrogen-bond acceptors (Lipinski definition) is 7. The molecule has 228 valence electrons. The highest BCUT2D eigenvalue weighted by Crippen LogP contribution is 2.30. The molecule has 3 aromatic rings. The molecule has 1 unspecified atom stereocenters. The molecule has 2 amide bonds. The third-order valence-electron chi connectivity index (χ3n) is 8.10. The van der Waals surface area contributed by atoms with E-state index < -0.39 is 32.5 Å². The number of aromatic amines is 1. The van der Waals surface area contributed by atoms with Gasteiger partial charge >= 0.3 is 0 Å². The van der Waals surface area contributed by atoms with Crippen LogP contribution in [0.4, 0.5) is 20.3 Å². The Bertz CT molecular complexity index is 1630. The zero-order chi connectivity index (χ0) is 30.1. The fourth-order valence-electron chi connectivity index (χ4n) is 5.75. The number of nitrogens with zero attached hydrogens (tertiary/aromatic N) is 3. The van der Waals surface area contributed by atoms with Crippen LogP contribution in [0, 0.1) is 17.6 Å². The first-order valence-electron chi connectivity index (χ1n) is 14.2. The number of benzene rings is 2. The number of rotatable bonds is 8. The molecule has 0 bridgehead atoms. The van der Waals surface area contributed by atoms with Crippen molar-refractivity contribution >= 4 is 33.3 Å². The number of carbonyl (C=O) groups is 2. The second-order valence-electron chi connectivity index (χ2n) is 11.1. The average Bonchev–Trinajstić information content (AvgIpc) is 3.76. The SMILES string of the molecule is O=C(Nc1n[nH]c2c1CN(S(=O)(=O)c1cc(F)cc(F)c1)CC2)c1ccc(CN2CCCC2)cc1NC(=O)C1CCOC1. The molecule has 0 saturated carbocycles. The molecule has 2 aromatic carbocycles. The first kappa shape index (κ1) is 29.4. The molecule has 0 radical (unpaired) electrons. The highest BCUT2D eigenvalue weighted by molar-refractivity contribution is 7.89. The smallest absolute Gasteiger partial charge is 0.258 e. The zero-order valence-electron chi connectivity index (χ0n) is 23.4. The van der Waals surface area contributed by atoms with E-state index in [1.807, 2.05) is 12.1 Å². The van der Waals surface area contributed by atoms with Crippen molar-refractivity contribution in [3.8, 4) is 0 Å². The molecule has 6 rings (SSSR count). The standard InChI is InChI=1S/C29H32F2N6O5S/c30-20-12-21(31)14-22(13-20)43(40,41)37-9-5-25-24(16-37)27(35-34-25)33-29(39)23-4-3-18(15-36-7-1-2-8-36)11-26(23)32-28(38)19-6-10-42-17-19/h3-4,11-14,19H,1-2,5-10,15-17H2,(H,32,38)(H2,33,34,35,39). The van der Waals surface area contributed by atoms with Gasteiger partial charge in [0.2, 0.25) is 15.9 Å². The van der Waals surface area contributed by atoms with Crippen molar-refractivity contribution in [1.82, 2.24) is 19.4 Å². The van der Waals surface area contributed by atoms with Crippen molar-refractivity contribution in [3.05, 3.63) is 70.4 Å². The summed E-state index contributed by atoms with van der Waals surface area (Å²) in [6.07, 6.45) is 3.13. The van der Waals surface area contributed by atoms with E-state index in [1.54, 1.807) is 6.07 Å². The molecule has 0 aliphatic carbocycles. The zero-order valence-corrected chi connectivity index (χ0v) is 24.2. The van der Waals surface area contributed by atoms with E-state index in [9.17, 15) is 26.8 Å². The topological polar surface area (TPSA) is 137 Å². The van der Waals surface area contributed by atoms with Crippen molar-refractivity contribution in [2.45, 2.75) is 43.7 Å². The minimum Gasteiger partial charge on any atom is -0.381 e. The summed E-state index contributed by atoms with van der Waals surface area (Å²) < 4.78 is 60.5. The van der Waals surface area contributed by atoms with Gasteiger partial charge in [0.25, 0.3) is 5.91 Å². The minimum atomic E-state index is -4.23. The Hall–Kier alpha value is -3.72. The lowest BCUT2D eigenvalue weighted by Gasteiger charge is -2.26. The summed E-state index contributed by atoms with van der Waals surface area (Å²) in [6.45, 7) is 3.41. The second-order valence-corrected chi connectivity index (χ2v) is 13.0. The van der Waals surface area contributed by atoms with Crippen molar-refractivity contribution in [3.63, 3.8) is 0 Å². The van der Waals surface area contributed by atoms with Crippen LogP contribution in [0.25, 0.3) is 0 Å². The molecule has 3 aliphatic rings. The largest absolute Gasteiger partial charge is 0.381 e. The van der Waals surface area contributed by atoms with Gasteiger partial charge in [-0.3, -0.25) is 19.6 Å². The number of sulfonamides is 1. The summed E-state index contributed by atoms with van der Waals surface area (Å²) in [5.74, 6) is -2.93. The lowest BCUT2D eigenvalue weighted by atomic mass is 10.0. The summed E-state index contributed by atoms with van der Waals surface area (Å²) in [5, 5.41) is 12.7. The van der Waals surface area contributed by atoms with Gasteiger partial charge in [-0.2, -0.15) is 9.40 Å². The first-order chi connectivity index (χ1) is 20.7. The van der Waals surface area contributed by atoms with E-state index in [1.165, 1.54) is 0 Å². The number of likely N-dealkylation sites (tertiary alicyclic amines) is 1. The van der Waals surface area contributed by atoms with Crippen molar-refractivity contribution in [1.29, 1.82) is 0 Å². The summed E-state index contributed by atoms with van der Waals surface area (Å²) >= 11 is 0. The number of fused-ring (bicyclic) bond motifs is 1. The quantitative estimate of drug-likeness (QED) is 0.354. The van der Waals surface area contributed by atoms with Crippen LogP contribution in [0.3, 0.4) is 0 Å². The lowest BCUT2D eigenvalue weighted by molar-refractivity contribution is -0.119. The van der Waals surface area contributed by atoms with Gasteiger partial charge in [0.05, 0.1) is 28.7 Å². The van der Waals surface area contributed by atoms with Crippen LogP contribution < -0.4 is 10.6 Å². The van der Waals surface area contributed by atoms with Gasteiger partial charge in [0.1, 0.15) is 11.6 Å². The van der Waals surface area contributed by atoms with E-state index in [0.29, 0.717) is 49.2 Å². The van der Waals surface area contributed by atoms with E-state index in [2.05, 4.69) is 25.7 Å². The number of hydrogen-bond donors (Lipinski definition) is 3. The number of anilines is 2. The summed E-state index contributed by atoms with van der Waals surface area (Å²) in [5.41, 5.74) is 2.64. The third-order valence-corrected chi connectivity index (χ3v) is 9.92. The van der Waals surface area contributed by atoms with E-state index in [4.69, 9.17) is 4.74 Å². The number of nitrogens with one attached hydrogen (secondary N) is 3. The van der Waals surface area contributed by atoms with Crippen LogP contribution in [-0.2, 0) is 39.1 Å². The summed E-state index contributed by atoms with van der Waals surface area (Å²) in [6, 6.07) is 7.48. The van der Waals surface area contributed by atoms with Gasteiger partial charge in [-0.1, -0.05) is 6.07 Å². The predicted molar refractivity (Wildman–Crippen MR) is 153 cm³/mol. The molecule has 3 aliphatic heterocycles. The molecule has 1 atom stereocenters. The van der Waals surface area contributed by atoms with E-state index in [0.717, 1.165) is 47.9 Å². The second kappa shape index (κ2) is 12.1. The Balaban J connectivity index is 1.23. The van der Waals surface area contributed by atoms with E-state index >= 15 is 0 Å². The molecule has 2 fully saturated rings. The number of aromatic nitrogens is 2. The normalized spacial score (nSPS) is 19.3. The minimum absolute atomic E-state index is 0.0581. The Morgan fingerprint density at radius 1 is 1.05 bits per heavy atom. The number of amides is 2. The fraction of sp³-hybridized carbons (Fsp3) is 0.414. The Kier molecular flexibility index (Phi) is 8.27. The molecule has 14 heteroatoms. The molecule has 0 spiro atoms. The van der Waals surface area contributed by atoms with Crippen molar-refractivity contribution in [2.24, 2.45) is 5.92 Å². The van der Waals surface area contributed by atoms with Crippen molar-refractivity contribution in [2.75, 3.05) is 43.5 Å². The Labute approximate surface area is 247 Å². The highest BCUT2D eigenvalue weighted by atomic mass is 32.2. The molecule has 4 heterocycles. The average molecular weight is 615 g/mol. The van der Waals surface area contributed by atoms with Gasteiger partial charge in [-0.05, 0) is 62.2 Å². The number of halogens is 2. The van der Waals surface area contributed by atoms with Crippen LogP contribution in [0.2, 0.25) is 0 Å². The first-order valence-corrected chi connectivity index (χ1v) is 15.7. The van der Waals surface area contributed by atoms with Gasteiger partial charge < -0.3 is 15.4 Å². The number of carbonyl (C=O) groups excluding carboxylic acids is 2. The fourth-order valence-corrected chi connectivity index (χ4v) is 7.20. The maximum absolute atomic E-state index is 13.8. The van der Waals surface area contributed by atoms with E-state index in [-0.39, 0.29) is 42.7 Å². The molecule has 3 N–H and O–H groups in total. The van der Waals surface area contributed by atoms with Crippen LogP contribution in [0.1, 0.15) is 46.4 Å². The Morgan fingerprint density at radius 3 is 2.53 bits per heavy atom. The molecule has 11 nitrogen and oxygen atoms in total. The third kappa shape index (κ3) is 6.32. The maximum atomic E-state index is 13.8. The monoisotopic (exact) mass is 614 g/mol. The van der Waals surface area contributed by atoms with Gasteiger partial charge in [-0.15, -0.1) is 0 Å². The highest BCUT2D eigenvalue weighted by Gasteiger charge is 2.33. The molecule has 2 saturated heterocycles. The molecule has 1 aromatic heterocycles. The van der Waals surface area contributed by atoms with Gasteiger partial charge in [-0.25, -0.2) is 17.2 Å². The number of H-pyrrole nitrogens is 1. The molecular weight excluding hydrogens is 582 g/mol. The number of ether oxygens (including phenoxy) is 1. The van der Waals surface area contributed by atoms with Gasteiger partial charge in [0, 0.05) is 50.0 Å².